The number of hydrogen-bond acceptors (Lipinski definition) is 4. The molecule has 7 heteroatoms. The first-order valence-corrected chi connectivity index (χ1v) is 9.27. The lowest BCUT2D eigenvalue weighted by Gasteiger charge is -2.21. The van der Waals surface area contributed by atoms with E-state index in [1.807, 2.05) is 19.9 Å². The fourth-order valence-corrected chi connectivity index (χ4v) is 4.23. The molecule has 1 amide bonds. The van der Waals surface area contributed by atoms with Crippen LogP contribution in [0, 0.1) is 13.8 Å². The molecule has 1 saturated heterocycles. The first kappa shape index (κ1) is 15.5. The molecule has 5 nitrogen and oxygen atoms in total. The van der Waals surface area contributed by atoms with E-state index in [0.29, 0.717) is 32.6 Å². The Bertz CT molecular complexity index is 607. The van der Waals surface area contributed by atoms with Crippen LogP contribution in [-0.4, -0.2) is 56.0 Å². The van der Waals surface area contributed by atoms with Gasteiger partial charge in [0, 0.05) is 35.9 Å². The summed E-state index contributed by atoms with van der Waals surface area (Å²) < 4.78 is 24.6. The Balaban J connectivity index is 2.11. The van der Waals surface area contributed by atoms with Gasteiger partial charge in [0.2, 0.25) is 10.0 Å². The molecule has 2 heterocycles. The van der Waals surface area contributed by atoms with Crippen molar-refractivity contribution in [3.8, 4) is 0 Å². The third-order valence-corrected chi connectivity index (χ3v) is 5.75. The third-order valence-electron chi connectivity index (χ3n) is 3.48. The Morgan fingerprint density at radius 2 is 1.90 bits per heavy atom. The Hall–Kier alpha value is -0.920. The van der Waals surface area contributed by atoms with Crippen molar-refractivity contribution < 1.29 is 13.2 Å². The number of amides is 1. The van der Waals surface area contributed by atoms with Crippen LogP contribution in [0.2, 0.25) is 0 Å². The van der Waals surface area contributed by atoms with Crippen LogP contribution in [0.5, 0.6) is 0 Å². The van der Waals surface area contributed by atoms with E-state index in [2.05, 4.69) is 0 Å². The van der Waals surface area contributed by atoms with Crippen LogP contribution >= 0.6 is 11.3 Å². The van der Waals surface area contributed by atoms with Gasteiger partial charge in [-0.25, -0.2) is 12.7 Å². The minimum Gasteiger partial charge on any atom is -0.337 e. The van der Waals surface area contributed by atoms with Gasteiger partial charge in [-0.3, -0.25) is 4.79 Å². The van der Waals surface area contributed by atoms with Crippen molar-refractivity contribution in [3.05, 3.63) is 21.4 Å². The molecule has 0 aliphatic carbocycles. The maximum absolute atomic E-state index is 12.5. The van der Waals surface area contributed by atoms with Gasteiger partial charge in [0.1, 0.15) is 0 Å². The summed E-state index contributed by atoms with van der Waals surface area (Å²) in [5, 5.41) is 0. The molecule has 1 aliphatic heterocycles. The normalized spacial score (nSPS) is 18.1. The van der Waals surface area contributed by atoms with Crippen molar-refractivity contribution in [2.45, 2.75) is 20.3 Å². The molecular formula is C13H20N2O3S2. The zero-order valence-electron chi connectivity index (χ0n) is 12.0. The van der Waals surface area contributed by atoms with Gasteiger partial charge in [0.05, 0.1) is 11.8 Å². The molecule has 112 valence electrons. The topological polar surface area (TPSA) is 57.7 Å². The van der Waals surface area contributed by atoms with Crippen molar-refractivity contribution in [3.63, 3.8) is 0 Å². The molecule has 0 atom stereocenters. The quantitative estimate of drug-likeness (QED) is 0.830. The van der Waals surface area contributed by atoms with Crippen molar-refractivity contribution in [2.24, 2.45) is 0 Å². The molecule has 0 bridgehead atoms. The molecule has 0 radical (unpaired) electrons. The van der Waals surface area contributed by atoms with E-state index in [-0.39, 0.29) is 5.91 Å². The van der Waals surface area contributed by atoms with E-state index in [1.165, 1.54) is 10.6 Å². The van der Waals surface area contributed by atoms with Crippen molar-refractivity contribution in [2.75, 3.05) is 32.4 Å². The Labute approximate surface area is 124 Å². The minimum atomic E-state index is -3.17. The lowest BCUT2D eigenvalue weighted by atomic mass is 10.2. The Morgan fingerprint density at radius 1 is 1.20 bits per heavy atom. The van der Waals surface area contributed by atoms with Gasteiger partial charge in [-0.05, 0) is 26.3 Å². The van der Waals surface area contributed by atoms with Crippen LogP contribution in [0.25, 0.3) is 0 Å². The molecule has 0 aromatic carbocycles. The first-order chi connectivity index (χ1) is 9.29. The van der Waals surface area contributed by atoms with E-state index in [1.54, 1.807) is 16.2 Å². The van der Waals surface area contributed by atoms with Crippen LogP contribution in [0.15, 0.2) is 6.07 Å². The van der Waals surface area contributed by atoms with E-state index in [0.717, 1.165) is 15.3 Å². The second-order valence-electron chi connectivity index (χ2n) is 5.13. The number of carbonyl (C=O) groups is 1. The lowest BCUT2D eigenvalue weighted by Crippen LogP contribution is -2.37. The third kappa shape index (κ3) is 3.39. The van der Waals surface area contributed by atoms with Gasteiger partial charge in [-0.1, -0.05) is 0 Å². The van der Waals surface area contributed by atoms with E-state index in [4.69, 9.17) is 0 Å². The van der Waals surface area contributed by atoms with Crippen molar-refractivity contribution in [1.82, 2.24) is 9.21 Å². The summed E-state index contributed by atoms with van der Waals surface area (Å²) in [6.07, 6.45) is 1.90. The summed E-state index contributed by atoms with van der Waals surface area (Å²) in [6.45, 7) is 5.88. The van der Waals surface area contributed by atoms with Gasteiger partial charge in [-0.15, -0.1) is 11.3 Å². The smallest absolute Gasteiger partial charge is 0.255 e. The maximum atomic E-state index is 12.5. The number of nitrogens with zero attached hydrogens (tertiary/aromatic N) is 2. The number of sulfonamides is 1. The molecule has 0 unspecified atom stereocenters. The van der Waals surface area contributed by atoms with Crippen LogP contribution < -0.4 is 0 Å². The predicted molar refractivity (Wildman–Crippen MR) is 80.7 cm³/mol. The molecule has 0 saturated carbocycles. The van der Waals surface area contributed by atoms with Crippen LogP contribution in [0.4, 0.5) is 0 Å². The largest absolute Gasteiger partial charge is 0.337 e. The molecule has 1 aliphatic rings. The average molecular weight is 316 g/mol. The van der Waals surface area contributed by atoms with E-state index < -0.39 is 10.0 Å². The number of thiophene rings is 1. The van der Waals surface area contributed by atoms with Crippen LogP contribution in [0.3, 0.4) is 0 Å². The highest BCUT2D eigenvalue weighted by Gasteiger charge is 2.25. The number of hydrogen-bond donors (Lipinski definition) is 0. The zero-order valence-corrected chi connectivity index (χ0v) is 13.7. The van der Waals surface area contributed by atoms with E-state index >= 15 is 0 Å². The molecular weight excluding hydrogens is 296 g/mol. The molecule has 1 aromatic rings. The van der Waals surface area contributed by atoms with Crippen molar-refractivity contribution in [1.29, 1.82) is 0 Å². The summed E-state index contributed by atoms with van der Waals surface area (Å²) >= 11 is 1.62. The minimum absolute atomic E-state index is 0.0159. The Morgan fingerprint density at radius 3 is 2.45 bits per heavy atom. The standard InChI is InChI=1S/C13H20N2O3S2/c1-10-9-12(11(2)19-10)13(16)14-5-4-6-15(8-7-14)20(3,17)18/h9H,4-8H2,1-3H3. The highest BCUT2D eigenvalue weighted by molar-refractivity contribution is 7.88. The summed E-state index contributed by atoms with van der Waals surface area (Å²) in [7, 11) is -3.17. The monoisotopic (exact) mass is 316 g/mol. The fourth-order valence-electron chi connectivity index (χ4n) is 2.44. The lowest BCUT2D eigenvalue weighted by molar-refractivity contribution is 0.0764. The summed E-state index contributed by atoms with van der Waals surface area (Å²) in [5.41, 5.74) is 0.750. The second-order valence-corrected chi connectivity index (χ2v) is 8.58. The first-order valence-electron chi connectivity index (χ1n) is 6.60. The molecule has 0 spiro atoms. The number of carbonyl (C=O) groups excluding carboxylic acids is 1. The number of aryl methyl sites for hydroxylation is 2. The fraction of sp³-hybridized carbons (Fsp3) is 0.615. The summed E-state index contributed by atoms with van der Waals surface area (Å²) in [4.78, 5) is 16.4. The molecule has 1 fully saturated rings. The Kier molecular flexibility index (Phi) is 4.51. The number of rotatable bonds is 2. The average Bonchev–Trinajstić information content (AvgIpc) is 2.56. The van der Waals surface area contributed by atoms with E-state index in [9.17, 15) is 13.2 Å². The SMILES string of the molecule is Cc1cc(C(=O)N2CCCN(S(C)(=O)=O)CC2)c(C)s1. The highest BCUT2D eigenvalue weighted by atomic mass is 32.2. The molecule has 2 rings (SSSR count). The summed E-state index contributed by atoms with van der Waals surface area (Å²) in [5.74, 6) is 0.0159. The van der Waals surface area contributed by atoms with Gasteiger partial charge < -0.3 is 4.90 Å². The molecule has 0 N–H and O–H groups in total. The summed E-state index contributed by atoms with van der Waals surface area (Å²) in [6, 6.07) is 1.92. The molecule has 20 heavy (non-hydrogen) atoms. The van der Waals surface area contributed by atoms with Gasteiger partial charge in [0.15, 0.2) is 0 Å². The van der Waals surface area contributed by atoms with Crippen LogP contribution in [-0.2, 0) is 10.0 Å². The second kappa shape index (κ2) is 5.83. The van der Waals surface area contributed by atoms with Crippen molar-refractivity contribution >= 4 is 27.3 Å². The molecule has 1 aromatic heterocycles. The van der Waals surface area contributed by atoms with Gasteiger partial charge in [0.25, 0.3) is 5.91 Å². The zero-order chi connectivity index (χ0) is 14.9. The predicted octanol–water partition coefficient (Wildman–Crippen LogP) is 1.47. The van der Waals surface area contributed by atoms with Gasteiger partial charge >= 0.3 is 0 Å². The maximum Gasteiger partial charge on any atom is 0.255 e. The van der Waals surface area contributed by atoms with Crippen LogP contribution in [0.1, 0.15) is 26.5 Å². The highest BCUT2D eigenvalue weighted by Crippen LogP contribution is 2.22. The van der Waals surface area contributed by atoms with Gasteiger partial charge in [-0.2, -0.15) is 0 Å².